The van der Waals surface area contributed by atoms with Gasteiger partial charge in [-0.3, -0.25) is 4.79 Å². The molecular formula is C21H22N2O2. The van der Waals surface area contributed by atoms with Crippen LogP contribution in [0.15, 0.2) is 54.6 Å². The van der Waals surface area contributed by atoms with E-state index in [1.165, 1.54) is 0 Å². The van der Waals surface area contributed by atoms with Crippen LogP contribution >= 0.6 is 0 Å². The maximum absolute atomic E-state index is 12.3. The number of ether oxygens (including phenoxy) is 1. The Bertz CT molecular complexity index is 882. The van der Waals surface area contributed by atoms with Crippen LogP contribution in [0.2, 0.25) is 0 Å². The second-order valence-corrected chi connectivity index (χ2v) is 6.16. The van der Waals surface area contributed by atoms with E-state index in [0.29, 0.717) is 6.61 Å². The normalized spacial score (nSPS) is 10.7. The van der Waals surface area contributed by atoms with Crippen LogP contribution in [0.25, 0.3) is 5.69 Å². The average molecular weight is 334 g/mol. The average Bonchev–Trinajstić information content (AvgIpc) is 2.90. The van der Waals surface area contributed by atoms with Gasteiger partial charge in [-0.15, -0.1) is 0 Å². The highest BCUT2D eigenvalue weighted by Gasteiger charge is 2.16. The Morgan fingerprint density at radius 3 is 2.40 bits per heavy atom. The maximum Gasteiger partial charge on any atom is 0.310 e. The fourth-order valence-electron chi connectivity index (χ4n) is 2.88. The van der Waals surface area contributed by atoms with E-state index in [2.05, 4.69) is 5.10 Å². The number of carbonyl (C=O) groups is 1. The molecule has 0 unspecified atom stereocenters. The van der Waals surface area contributed by atoms with Crippen LogP contribution in [-0.4, -0.2) is 15.7 Å². The van der Waals surface area contributed by atoms with Crippen molar-refractivity contribution >= 4 is 5.97 Å². The maximum atomic E-state index is 12.3. The van der Waals surface area contributed by atoms with Gasteiger partial charge in [-0.2, -0.15) is 5.10 Å². The minimum atomic E-state index is -0.234. The molecule has 4 heteroatoms. The van der Waals surface area contributed by atoms with Crippen molar-refractivity contribution in [2.24, 2.45) is 0 Å². The van der Waals surface area contributed by atoms with E-state index >= 15 is 0 Å². The lowest BCUT2D eigenvalue weighted by Gasteiger charge is -2.08. The predicted octanol–water partition coefficient (Wildman–Crippen LogP) is 4.08. The van der Waals surface area contributed by atoms with Gasteiger partial charge < -0.3 is 4.74 Å². The first kappa shape index (κ1) is 17.0. The molecule has 3 rings (SSSR count). The first-order chi connectivity index (χ1) is 12.1. The zero-order valence-electron chi connectivity index (χ0n) is 14.8. The molecule has 0 saturated carbocycles. The third-order valence-electron chi connectivity index (χ3n) is 4.41. The number of hydrogen-bond acceptors (Lipinski definition) is 3. The molecule has 0 saturated heterocycles. The lowest BCUT2D eigenvalue weighted by molar-refractivity contribution is -0.144. The number of hydrogen-bond donors (Lipinski definition) is 0. The summed E-state index contributed by atoms with van der Waals surface area (Å²) in [7, 11) is 0. The minimum absolute atomic E-state index is 0.233. The molecule has 1 aromatic heterocycles. The molecule has 0 atom stereocenters. The Labute approximate surface area is 148 Å². The topological polar surface area (TPSA) is 44.1 Å². The summed E-state index contributed by atoms with van der Waals surface area (Å²) in [5.41, 5.74) is 5.90. The van der Waals surface area contributed by atoms with E-state index in [0.717, 1.165) is 33.8 Å². The molecule has 4 nitrogen and oxygen atoms in total. The summed E-state index contributed by atoms with van der Waals surface area (Å²) in [5.74, 6) is -0.234. The first-order valence-corrected chi connectivity index (χ1v) is 8.37. The summed E-state index contributed by atoms with van der Waals surface area (Å²) in [4.78, 5) is 12.3. The van der Waals surface area contributed by atoms with E-state index < -0.39 is 0 Å². The van der Waals surface area contributed by atoms with Gasteiger partial charge in [-0.25, -0.2) is 4.68 Å². The Kier molecular flexibility index (Phi) is 4.98. The SMILES string of the molecule is Cc1ccccc1COC(=O)Cc1c(C)nn(-c2ccccc2)c1C. The largest absolute Gasteiger partial charge is 0.461 e. The number of aryl methyl sites for hydroxylation is 2. The van der Waals surface area contributed by atoms with Gasteiger partial charge in [0.15, 0.2) is 0 Å². The van der Waals surface area contributed by atoms with Gasteiger partial charge in [0.2, 0.25) is 0 Å². The van der Waals surface area contributed by atoms with E-state index in [4.69, 9.17) is 4.74 Å². The molecule has 0 fully saturated rings. The monoisotopic (exact) mass is 334 g/mol. The number of nitrogens with zero attached hydrogens (tertiary/aromatic N) is 2. The number of para-hydroxylation sites is 1. The Morgan fingerprint density at radius 2 is 1.68 bits per heavy atom. The smallest absolute Gasteiger partial charge is 0.310 e. The van der Waals surface area contributed by atoms with Crippen molar-refractivity contribution in [2.45, 2.75) is 33.8 Å². The van der Waals surface area contributed by atoms with Gasteiger partial charge in [0, 0.05) is 11.3 Å². The van der Waals surface area contributed by atoms with Crippen LogP contribution < -0.4 is 0 Å². The summed E-state index contributed by atoms with van der Waals surface area (Å²) in [6.45, 7) is 6.23. The van der Waals surface area contributed by atoms with Crippen LogP contribution in [0.1, 0.15) is 28.1 Å². The minimum Gasteiger partial charge on any atom is -0.461 e. The Hall–Kier alpha value is -2.88. The lowest BCUT2D eigenvalue weighted by atomic mass is 10.1. The number of rotatable bonds is 5. The zero-order valence-corrected chi connectivity index (χ0v) is 14.8. The van der Waals surface area contributed by atoms with Crippen LogP contribution in [0.5, 0.6) is 0 Å². The summed E-state index contributed by atoms with van der Waals surface area (Å²) >= 11 is 0. The van der Waals surface area contributed by atoms with Gasteiger partial charge in [-0.05, 0) is 44.0 Å². The third kappa shape index (κ3) is 3.79. The van der Waals surface area contributed by atoms with Crippen LogP contribution in [0.3, 0.4) is 0 Å². The summed E-state index contributed by atoms with van der Waals surface area (Å²) in [6.07, 6.45) is 0.233. The molecule has 0 amide bonds. The molecule has 0 bridgehead atoms. The van der Waals surface area contributed by atoms with E-state index in [1.54, 1.807) is 0 Å². The molecule has 2 aromatic carbocycles. The molecule has 1 heterocycles. The van der Waals surface area contributed by atoms with Gasteiger partial charge >= 0.3 is 5.97 Å². The molecule has 0 aliphatic rings. The first-order valence-electron chi connectivity index (χ1n) is 8.37. The molecular weight excluding hydrogens is 312 g/mol. The second-order valence-electron chi connectivity index (χ2n) is 6.16. The fraction of sp³-hybridized carbons (Fsp3) is 0.238. The highest BCUT2D eigenvalue weighted by Crippen LogP contribution is 2.19. The van der Waals surface area contributed by atoms with Crippen LogP contribution in [0.4, 0.5) is 0 Å². The van der Waals surface area contributed by atoms with Crippen molar-refractivity contribution in [3.8, 4) is 5.69 Å². The van der Waals surface area contributed by atoms with Crippen LogP contribution in [-0.2, 0) is 22.6 Å². The van der Waals surface area contributed by atoms with E-state index in [-0.39, 0.29) is 12.4 Å². The van der Waals surface area contributed by atoms with Crippen molar-refractivity contribution in [1.29, 1.82) is 0 Å². The van der Waals surface area contributed by atoms with Crippen molar-refractivity contribution in [2.75, 3.05) is 0 Å². The fourth-order valence-corrected chi connectivity index (χ4v) is 2.88. The molecule has 3 aromatic rings. The number of benzene rings is 2. The van der Waals surface area contributed by atoms with Crippen molar-refractivity contribution < 1.29 is 9.53 Å². The molecule has 0 N–H and O–H groups in total. The zero-order chi connectivity index (χ0) is 17.8. The number of aromatic nitrogens is 2. The summed E-state index contributed by atoms with van der Waals surface area (Å²) in [5, 5.41) is 4.57. The molecule has 128 valence electrons. The van der Waals surface area contributed by atoms with Gasteiger partial charge in [0.25, 0.3) is 0 Å². The second kappa shape index (κ2) is 7.34. The predicted molar refractivity (Wildman–Crippen MR) is 97.7 cm³/mol. The van der Waals surface area contributed by atoms with E-state index in [9.17, 15) is 4.79 Å². The van der Waals surface area contributed by atoms with Crippen molar-refractivity contribution in [1.82, 2.24) is 9.78 Å². The van der Waals surface area contributed by atoms with Gasteiger partial charge in [0.1, 0.15) is 6.61 Å². The number of esters is 1. The summed E-state index contributed by atoms with van der Waals surface area (Å²) < 4.78 is 7.34. The molecule has 25 heavy (non-hydrogen) atoms. The molecule has 0 aliphatic heterocycles. The molecule has 0 spiro atoms. The third-order valence-corrected chi connectivity index (χ3v) is 4.41. The van der Waals surface area contributed by atoms with Crippen molar-refractivity contribution in [3.05, 3.63) is 82.7 Å². The van der Waals surface area contributed by atoms with E-state index in [1.807, 2.05) is 80.1 Å². The van der Waals surface area contributed by atoms with Gasteiger partial charge in [0.05, 0.1) is 17.8 Å². The Balaban J connectivity index is 1.72. The number of carbonyl (C=O) groups excluding carboxylic acids is 1. The standard InChI is InChI=1S/C21H22N2O2/c1-15-9-7-8-10-18(15)14-25-21(24)13-20-16(2)22-23(17(20)3)19-11-5-4-6-12-19/h4-12H,13-14H2,1-3H3. The molecule has 0 aliphatic carbocycles. The Morgan fingerprint density at radius 1 is 1.00 bits per heavy atom. The highest BCUT2D eigenvalue weighted by atomic mass is 16.5. The van der Waals surface area contributed by atoms with Crippen molar-refractivity contribution in [3.63, 3.8) is 0 Å². The van der Waals surface area contributed by atoms with Crippen LogP contribution in [0, 0.1) is 20.8 Å². The lowest BCUT2D eigenvalue weighted by Crippen LogP contribution is -2.10. The highest BCUT2D eigenvalue weighted by molar-refractivity contribution is 5.73. The molecule has 0 radical (unpaired) electrons. The van der Waals surface area contributed by atoms with Gasteiger partial charge in [-0.1, -0.05) is 42.5 Å². The quantitative estimate of drug-likeness (QED) is 0.660. The summed E-state index contributed by atoms with van der Waals surface area (Å²) in [6, 6.07) is 17.8.